The van der Waals surface area contributed by atoms with Crippen LogP contribution in [0.15, 0.2) is 0 Å². The van der Waals surface area contributed by atoms with Crippen molar-refractivity contribution >= 4 is 7.37 Å². The van der Waals surface area contributed by atoms with Crippen LogP contribution in [0.5, 0.6) is 0 Å². The monoisotopic (exact) mass is 724 g/mol. The molecule has 0 aliphatic heterocycles. The fraction of sp³-hybridized carbons (Fsp3) is 1.00. The van der Waals surface area contributed by atoms with Gasteiger partial charge in [0.1, 0.15) is 0 Å². The van der Waals surface area contributed by atoms with E-state index in [4.69, 9.17) is 0 Å². The molecule has 0 bridgehead atoms. The minimum atomic E-state index is -11.0. The zero-order valence-electron chi connectivity index (χ0n) is 18.1. The maximum Gasteiger partial charge on any atom is 1.00 e. The van der Waals surface area contributed by atoms with Gasteiger partial charge < -0.3 is 9.46 Å². The Balaban J connectivity index is 0. The summed E-state index contributed by atoms with van der Waals surface area (Å²) in [5.74, 6) is -73.4. The van der Waals surface area contributed by atoms with Gasteiger partial charge in [-0.3, -0.25) is 0 Å². The first-order valence-electron chi connectivity index (χ1n) is 8.23. The largest absolute Gasteiger partial charge is 1.00 e. The molecule has 0 rings (SSSR count). The second-order valence-electron chi connectivity index (χ2n) is 7.22. The van der Waals surface area contributed by atoms with Crippen molar-refractivity contribution in [1.82, 2.24) is 0 Å². The molecule has 0 spiro atoms. The first-order valence-corrected chi connectivity index (χ1v) is 9.85. The molecule has 0 heterocycles. The molecular formula is C12F26NaO2P. The quantitative estimate of drug-likeness (QED) is 0.181. The zero-order valence-corrected chi connectivity index (χ0v) is 21.0. The topological polar surface area (TPSA) is 40.1 Å². The van der Waals surface area contributed by atoms with E-state index in [0.29, 0.717) is 0 Å². The van der Waals surface area contributed by atoms with E-state index in [1.807, 2.05) is 0 Å². The van der Waals surface area contributed by atoms with E-state index in [9.17, 15) is 124 Å². The summed E-state index contributed by atoms with van der Waals surface area (Å²) < 4.78 is 347. The van der Waals surface area contributed by atoms with Crippen molar-refractivity contribution in [3.05, 3.63) is 0 Å². The second kappa shape index (κ2) is 10.5. The van der Waals surface area contributed by atoms with Gasteiger partial charge in [0.15, 0.2) is 7.37 Å². The van der Waals surface area contributed by atoms with Gasteiger partial charge in [0.25, 0.3) is 0 Å². The molecular weight excluding hydrogens is 724 g/mol. The molecule has 2 nitrogen and oxygen atoms in total. The fourth-order valence-corrected chi connectivity index (χ4v) is 3.44. The van der Waals surface area contributed by atoms with Gasteiger partial charge in [-0.15, -0.1) is 0 Å². The molecule has 0 fully saturated rings. The molecule has 0 saturated heterocycles. The molecule has 0 aromatic rings. The number of rotatable bonds is 10. The van der Waals surface area contributed by atoms with Gasteiger partial charge in [0.2, 0.25) is 0 Å². The number of alkyl halides is 26. The SMILES string of the molecule is O=P([O-])(C(F)(F)C(F)(F)C(F)(F)C(F)(F)C(F)(F)C(F)(F)F)C(F)(F)C(F)(F)C(F)(F)C(F)(F)C(F)(F)C(F)(F)F.[Na+]. The van der Waals surface area contributed by atoms with E-state index in [0.717, 1.165) is 0 Å². The number of hydrogen-bond acceptors (Lipinski definition) is 2. The van der Waals surface area contributed by atoms with E-state index >= 15 is 0 Å². The molecule has 0 unspecified atom stereocenters. The van der Waals surface area contributed by atoms with Gasteiger partial charge in [-0.05, 0) is 0 Å². The third-order valence-corrected chi connectivity index (χ3v) is 6.61. The minimum Gasteiger partial charge on any atom is -0.791 e. The summed E-state index contributed by atoms with van der Waals surface area (Å²) >= 11 is 0. The van der Waals surface area contributed by atoms with Crippen molar-refractivity contribution in [2.45, 2.75) is 71.1 Å². The molecule has 248 valence electrons. The van der Waals surface area contributed by atoms with E-state index in [2.05, 4.69) is 0 Å². The maximum atomic E-state index is 13.6. The normalized spacial score (nSPS) is 16.8. The molecule has 0 atom stereocenters. The Labute approximate surface area is 232 Å². The summed E-state index contributed by atoms with van der Waals surface area (Å²) in [7, 11) is -11.0. The molecule has 0 aromatic heterocycles. The van der Waals surface area contributed by atoms with Gasteiger partial charge in [-0.1, -0.05) is 0 Å². The summed E-state index contributed by atoms with van der Waals surface area (Å²) in [6.07, 6.45) is -16.4. The molecule has 0 aliphatic carbocycles. The Kier molecular flexibility index (Phi) is 10.8. The zero-order chi connectivity index (χ0) is 34.5. The van der Waals surface area contributed by atoms with E-state index < -0.39 is 78.4 Å². The van der Waals surface area contributed by atoms with Crippen molar-refractivity contribution in [2.75, 3.05) is 0 Å². The molecule has 0 saturated carbocycles. The minimum absolute atomic E-state index is 0. The van der Waals surface area contributed by atoms with Crippen LogP contribution < -0.4 is 34.5 Å². The second-order valence-corrected chi connectivity index (χ2v) is 9.45. The van der Waals surface area contributed by atoms with E-state index in [1.54, 1.807) is 0 Å². The van der Waals surface area contributed by atoms with Crippen LogP contribution in [-0.2, 0) is 4.57 Å². The van der Waals surface area contributed by atoms with Gasteiger partial charge in [0.05, 0.1) is 0 Å². The molecule has 0 aliphatic rings. The number of halogens is 26. The number of hydrogen-bond donors (Lipinski definition) is 0. The van der Waals surface area contributed by atoms with Crippen LogP contribution in [0.2, 0.25) is 0 Å². The van der Waals surface area contributed by atoms with Gasteiger partial charge in [-0.25, -0.2) is 0 Å². The average Bonchev–Trinajstić information content (AvgIpc) is 2.70. The Morgan fingerprint density at radius 2 is 0.452 bits per heavy atom. The van der Waals surface area contributed by atoms with Crippen LogP contribution in [0.25, 0.3) is 0 Å². The Morgan fingerprint density at radius 1 is 0.310 bits per heavy atom. The predicted octanol–water partition coefficient (Wildman–Crippen LogP) is 5.02. The third kappa shape index (κ3) is 5.03. The van der Waals surface area contributed by atoms with Crippen molar-refractivity contribution < 1.29 is 153 Å². The molecule has 0 amide bonds. The summed E-state index contributed by atoms with van der Waals surface area (Å²) in [6, 6.07) is 0. The average molecular weight is 724 g/mol. The Hall–Kier alpha value is -0.630. The van der Waals surface area contributed by atoms with Crippen LogP contribution in [0, 0.1) is 0 Å². The molecule has 42 heavy (non-hydrogen) atoms. The first-order chi connectivity index (χ1) is 17.0. The van der Waals surface area contributed by atoms with Crippen molar-refractivity contribution in [1.29, 1.82) is 0 Å². The maximum absolute atomic E-state index is 13.6. The fourth-order valence-electron chi connectivity index (χ4n) is 2.07. The van der Waals surface area contributed by atoms with Gasteiger partial charge in [-0.2, -0.15) is 114 Å². The van der Waals surface area contributed by atoms with Gasteiger partial charge in [0, 0.05) is 0 Å². The summed E-state index contributed by atoms with van der Waals surface area (Å²) in [6.45, 7) is 0. The van der Waals surface area contributed by atoms with Gasteiger partial charge >= 0.3 is 101 Å². The molecule has 0 radical (unpaired) electrons. The van der Waals surface area contributed by atoms with Crippen LogP contribution in [0.3, 0.4) is 0 Å². The van der Waals surface area contributed by atoms with Crippen LogP contribution >= 0.6 is 7.37 Å². The standard InChI is InChI=1S/C12HF26O2P.Na/c13-1(14,5(21,22)9(29,30)31)3(17,18)7(25,26)11(35,36)41(39,40)12(37,38)8(27,28)4(19,20)2(15,16)6(23,24)10(32,33)34;/h(H,39,40);/q;+1/p-1. The smallest absolute Gasteiger partial charge is 0.791 e. The molecule has 0 aromatic carbocycles. The summed E-state index contributed by atoms with van der Waals surface area (Å²) in [5.41, 5.74) is -18.9. The first kappa shape index (κ1) is 43.5. The van der Waals surface area contributed by atoms with Crippen LogP contribution in [0.1, 0.15) is 0 Å². The Bertz CT molecular complexity index is 959. The summed E-state index contributed by atoms with van der Waals surface area (Å²) in [5, 5.41) is 0. The van der Waals surface area contributed by atoms with E-state index in [1.165, 1.54) is 0 Å². The van der Waals surface area contributed by atoms with Crippen molar-refractivity contribution in [3.8, 4) is 0 Å². The third-order valence-electron chi connectivity index (χ3n) is 4.57. The van der Waals surface area contributed by atoms with Crippen LogP contribution in [-0.4, -0.2) is 71.1 Å². The van der Waals surface area contributed by atoms with E-state index in [-0.39, 0.29) is 29.6 Å². The Morgan fingerprint density at radius 3 is 0.595 bits per heavy atom. The molecule has 0 N–H and O–H groups in total. The van der Waals surface area contributed by atoms with Crippen LogP contribution in [0.4, 0.5) is 114 Å². The molecule has 30 heteroatoms. The summed E-state index contributed by atoms with van der Waals surface area (Å²) in [4.78, 5) is 11.0. The van der Waals surface area contributed by atoms with Crippen molar-refractivity contribution in [2.24, 2.45) is 0 Å². The predicted molar refractivity (Wildman–Crippen MR) is 69.2 cm³/mol. The van der Waals surface area contributed by atoms with Crippen molar-refractivity contribution in [3.63, 3.8) is 0 Å².